The third-order valence-corrected chi connectivity index (χ3v) is 3.06. The number of halogens is 3. The Morgan fingerprint density at radius 2 is 2.20 bits per heavy atom. The number of nitrogens with one attached hydrogen (secondary N) is 1. The van der Waals surface area contributed by atoms with E-state index >= 15 is 0 Å². The zero-order valence-corrected chi connectivity index (χ0v) is 11.1. The number of aromatic nitrogens is 1. The summed E-state index contributed by atoms with van der Waals surface area (Å²) in [7, 11) is 0. The molecule has 1 aromatic heterocycles. The van der Waals surface area contributed by atoms with Gasteiger partial charge in [0, 0.05) is 19.7 Å². The summed E-state index contributed by atoms with van der Waals surface area (Å²) in [6.45, 7) is 3.58. The van der Waals surface area contributed by atoms with Gasteiger partial charge in [-0.2, -0.15) is 13.2 Å². The van der Waals surface area contributed by atoms with Crippen LogP contribution >= 0.6 is 0 Å². The van der Waals surface area contributed by atoms with E-state index in [1.54, 1.807) is 4.90 Å². The summed E-state index contributed by atoms with van der Waals surface area (Å²) in [6, 6.07) is 1.93. The summed E-state index contributed by atoms with van der Waals surface area (Å²) in [4.78, 5) is 5.88. The van der Waals surface area contributed by atoms with Crippen LogP contribution in [0.15, 0.2) is 12.1 Å². The van der Waals surface area contributed by atoms with Gasteiger partial charge in [0.25, 0.3) is 0 Å². The van der Waals surface area contributed by atoms with E-state index in [1.807, 2.05) is 6.92 Å². The van der Waals surface area contributed by atoms with Crippen LogP contribution in [0.4, 0.5) is 24.8 Å². The lowest BCUT2D eigenvalue weighted by atomic mass is 10.2. The van der Waals surface area contributed by atoms with Gasteiger partial charge >= 0.3 is 6.18 Å². The number of rotatable bonds is 2. The Hall–Kier alpha value is -1.54. The standard InChI is InChI=1S/C12H17F3N4O/c1-8-7-19(3-2-4-20-8)11-6-9(12(13,14)15)5-10(17-11)18-16/h5-6,8H,2-4,7,16H2,1H3,(H,17,18). The molecule has 8 heteroatoms. The normalized spacial score (nSPS) is 20.6. The van der Waals surface area contributed by atoms with Crippen molar-refractivity contribution in [2.45, 2.75) is 25.6 Å². The van der Waals surface area contributed by atoms with Crippen LogP contribution in [0.3, 0.4) is 0 Å². The van der Waals surface area contributed by atoms with Crippen molar-refractivity contribution in [1.29, 1.82) is 0 Å². The minimum absolute atomic E-state index is 0.00681. The lowest BCUT2D eigenvalue weighted by molar-refractivity contribution is -0.137. The number of hydrazine groups is 1. The van der Waals surface area contributed by atoms with Gasteiger partial charge < -0.3 is 15.1 Å². The van der Waals surface area contributed by atoms with E-state index in [0.717, 1.165) is 18.6 Å². The predicted octanol–water partition coefficient (Wildman–Crippen LogP) is 2.00. The summed E-state index contributed by atoms with van der Waals surface area (Å²) in [5, 5.41) is 0. The third kappa shape index (κ3) is 3.51. The van der Waals surface area contributed by atoms with Crippen molar-refractivity contribution in [3.8, 4) is 0 Å². The highest BCUT2D eigenvalue weighted by atomic mass is 19.4. The van der Waals surface area contributed by atoms with Crippen LogP contribution in [0.1, 0.15) is 18.9 Å². The molecule has 1 aromatic rings. The molecule has 1 saturated heterocycles. The smallest absolute Gasteiger partial charge is 0.377 e. The number of nitrogens with zero attached hydrogens (tertiary/aromatic N) is 2. The van der Waals surface area contributed by atoms with Crippen molar-refractivity contribution in [1.82, 2.24) is 4.98 Å². The summed E-state index contributed by atoms with van der Waals surface area (Å²) in [6.07, 6.45) is -3.74. The van der Waals surface area contributed by atoms with E-state index in [2.05, 4.69) is 10.4 Å². The molecule has 0 amide bonds. The lowest BCUT2D eigenvalue weighted by Crippen LogP contribution is -2.31. The van der Waals surface area contributed by atoms with Gasteiger partial charge in [0.05, 0.1) is 11.7 Å². The van der Waals surface area contributed by atoms with Crippen molar-refractivity contribution in [2.24, 2.45) is 5.84 Å². The minimum Gasteiger partial charge on any atom is -0.377 e. The molecule has 1 aliphatic rings. The number of pyridine rings is 1. The first-order valence-corrected chi connectivity index (χ1v) is 6.32. The maximum atomic E-state index is 12.9. The Labute approximate surface area is 114 Å². The van der Waals surface area contributed by atoms with Crippen LogP contribution in [-0.2, 0) is 10.9 Å². The molecular formula is C12H17F3N4O. The topological polar surface area (TPSA) is 63.4 Å². The van der Waals surface area contributed by atoms with Crippen LogP contribution < -0.4 is 16.2 Å². The molecule has 3 N–H and O–H groups in total. The van der Waals surface area contributed by atoms with E-state index in [1.165, 1.54) is 0 Å². The second kappa shape index (κ2) is 5.84. The number of alkyl halides is 3. The molecule has 0 aromatic carbocycles. The molecule has 1 fully saturated rings. The highest BCUT2D eigenvalue weighted by molar-refractivity contribution is 5.51. The van der Waals surface area contributed by atoms with E-state index < -0.39 is 11.7 Å². The number of anilines is 2. The first-order chi connectivity index (χ1) is 9.40. The summed E-state index contributed by atoms with van der Waals surface area (Å²) in [5.41, 5.74) is 1.41. The van der Waals surface area contributed by atoms with E-state index in [4.69, 9.17) is 10.6 Å². The fraction of sp³-hybridized carbons (Fsp3) is 0.583. The van der Waals surface area contributed by atoms with E-state index in [9.17, 15) is 13.2 Å². The van der Waals surface area contributed by atoms with Gasteiger partial charge in [-0.05, 0) is 25.5 Å². The molecule has 1 aliphatic heterocycles. The van der Waals surface area contributed by atoms with Gasteiger partial charge in [-0.3, -0.25) is 0 Å². The van der Waals surface area contributed by atoms with Crippen molar-refractivity contribution >= 4 is 11.6 Å². The molecule has 112 valence electrons. The fourth-order valence-corrected chi connectivity index (χ4v) is 2.12. The minimum atomic E-state index is -4.43. The maximum absolute atomic E-state index is 12.9. The highest BCUT2D eigenvalue weighted by Gasteiger charge is 2.32. The number of hydrogen-bond acceptors (Lipinski definition) is 5. The average Bonchev–Trinajstić information content (AvgIpc) is 2.62. The van der Waals surface area contributed by atoms with Crippen LogP contribution in [0.2, 0.25) is 0 Å². The van der Waals surface area contributed by atoms with Crippen LogP contribution in [0.25, 0.3) is 0 Å². The summed E-state index contributed by atoms with van der Waals surface area (Å²) in [5.74, 6) is 5.44. The van der Waals surface area contributed by atoms with Gasteiger partial charge in [0.2, 0.25) is 0 Å². The molecule has 1 atom stereocenters. The van der Waals surface area contributed by atoms with Crippen LogP contribution in [-0.4, -0.2) is 30.8 Å². The van der Waals surface area contributed by atoms with Gasteiger partial charge in [-0.1, -0.05) is 0 Å². The quantitative estimate of drug-likeness (QED) is 0.644. The second-order valence-corrected chi connectivity index (χ2v) is 4.72. The first-order valence-electron chi connectivity index (χ1n) is 6.32. The molecule has 20 heavy (non-hydrogen) atoms. The number of nitrogens with two attached hydrogens (primary N) is 1. The first kappa shape index (κ1) is 14.9. The molecule has 0 aliphatic carbocycles. The van der Waals surface area contributed by atoms with Crippen molar-refractivity contribution in [3.63, 3.8) is 0 Å². The maximum Gasteiger partial charge on any atom is 0.416 e. The Morgan fingerprint density at radius 1 is 1.45 bits per heavy atom. The Kier molecular flexibility index (Phi) is 4.34. The van der Waals surface area contributed by atoms with Crippen molar-refractivity contribution in [3.05, 3.63) is 17.7 Å². The zero-order valence-electron chi connectivity index (χ0n) is 11.1. The average molecular weight is 290 g/mol. The number of nitrogen functional groups attached to an aromatic ring is 1. The fourth-order valence-electron chi connectivity index (χ4n) is 2.12. The largest absolute Gasteiger partial charge is 0.416 e. The van der Waals surface area contributed by atoms with E-state index in [0.29, 0.717) is 19.7 Å². The number of ether oxygens (including phenoxy) is 1. The monoisotopic (exact) mass is 290 g/mol. The van der Waals surface area contributed by atoms with Crippen molar-refractivity contribution in [2.75, 3.05) is 30.0 Å². The molecule has 5 nitrogen and oxygen atoms in total. The number of hydrogen-bond donors (Lipinski definition) is 2. The summed E-state index contributed by atoms with van der Waals surface area (Å²) < 4.78 is 44.1. The SMILES string of the molecule is CC1CN(c2cc(C(F)(F)F)cc(NN)n2)CCCO1. The Morgan fingerprint density at radius 3 is 2.85 bits per heavy atom. The highest BCUT2D eigenvalue weighted by Crippen LogP contribution is 2.33. The third-order valence-electron chi connectivity index (χ3n) is 3.06. The van der Waals surface area contributed by atoms with Gasteiger partial charge in [-0.25, -0.2) is 10.8 Å². The van der Waals surface area contributed by atoms with Crippen LogP contribution in [0, 0.1) is 0 Å². The Bertz CT molecular complexity index is 467. The van der Waals surface area contributed by atoms with Crippen LogP contribution in [0.5, 0.6) is 0 Å². The van der Waals surface area contributed by atoms with E-state index in [-0.39, 0.29) is 17.7 Å². The molecule has 2 heterocycles. The molecule has 0 saturated carbocycles. The molecule has 1 unspecified atom stereocenters. The molecule has 2 rings (SSSR count). The Balaban J connectivity index is 2.34. The van der Waals surface area contributed by atoms with Gasteiger partial charge in [0.15, 0.2) is 0 Å². The zero-order chi connectivity index (χ0) is 14.8. The lowest BCUT2D eigenvalue weighted by Gasteiger charge is -2.24. The van der Waals surface area contributed by atoms with Gasteiger partial charge in [-0.15, -0.1) is 0 Å². The second-order valence-electron chi connectivity index (χ2n) is 4.72. The molecular weight excluding hydrogens is 273 g/mol. The predicted molar refractivity (Wildman–Crippen MR) is 69.3 cm³/mol. The molecule has 0 spiro atoms. The molecule has 0 bridgehead atoms. The molecule has 0 radical (unpaired) electrons. The summed E-state index contributed by atoms with van der Waals surface area (Å²) >= 11 is 0. The van der Waals surface area contributed by atoms with Crippen molar-refractivity contribution < 1.29 is 17.9 Å². The van der Waals surface area contributed by atoms with Gasteiger partial charge in [0.1, 0.15) is 11.6 Å².